The lowest BCUT2D eigenvalue weighted by molar-refractivity contribution is -0.120. The van der Waals surface area contributed by atoms with Crippen LogP contribution in [0.5, 0.6) is 0 Å². The van der Waals surface area contributed by atoms with Crippen LogP contribution in [0, 0.1) is 0 Å². The zero-order valence-electron chi connectivity index (χ0n) is 9.45. The highest BCUT2D eigenvalue weighted by Gasteiger charge is 2.19. The van der Waals surface area contributed by atoms with E-state index < -0.39 is 0 Å². The van der Waals surface area contributed by atoms with Gasteiger partial charge in [-0.3, -0.25) is 14.8 Å². The van der Waals surface area contributed by atoms with Crippen LogP contribution in [0.3, 0.4) is 0 Å². The third kappa shape index (κ3) is 3.36. The number of rotatable bonds is 5. The minimum Gasteiger partial charge on any atom is -0.322 e. The molecule has 1 amide bonds. The van der Waals surface area contributed by atoms with E-state index in [0.29, 0.717) is 5.69 Å². The molecular formula is C10H18N4O. The van der Waals surface area contributed by atoms with E-state index in [1.165, 1.54) is 0 Å². The van der Waals surface area contributed by atoms with E-state index in [9.17, 15) is 4.79 Å². The largest absolute Gasteiger partial charge is 0.322 e. The van der Waals surface area contributed by atoms with Gasteiger partial charge in [-0.25, -0.2) is 0 Å². The van der Waals surface area contributed by atoms with Crippen molar-refractivity contribution in [3.05, 3.63) is 12.4 Å². The molecule has 0 aromatic carbocycles. The van der Waals surface area contributed by atoms with Gasteiger partial charge in [0.2, 0.25) is 5.91 Å². The Balaban J connectivity index is 2.56. The summed E-state index contributed by atoms with van der Waals surface area (Å²) in [4.78, 5) is 13.8. The van der Waals surface area contributed by atoms with Gasteiger partial charge in [0, 0.05) is 6.20 Å². The summed E-state index contributed by atoms with van der Waals surface area (Å²) in [7, 11) is 3.82. The number of nitrogens with one attached hydrogen (secondary N) is 2. The van der Waals surface area contributed by atoms with Crippen molar-refractivity contribution in [2.45, 2.75) is 25.8 Å². The highest BCUT2D eigenvalue weighted by atomic mass is 16.2. The lowest BCUT2D eigenvalue weighted by Gasteiger charge is -2.22. The fourth-order valence-electron chi connectivity index (χ4n) is 1.44. The molecule has 2 N–H and O–H groups in total. The van der Waals surface area contributed by atoms with Gasteiger partial charge in [0.1, 0.15) is 0 Å². The maximum atomic E-state index is 11.8. The number of carbonyl (C=O) groups is 1. The summed E-state index contributed by atoms with van der Waals surface area (Å²) in [5, 5.41) is 9.24. The van der Waals surface area contributed by atoms with Crippen LogP contribution in [-0.2, 0) is 4.79 Å². The van der Waals surface area contributed by atoms with Crippen molar-refractivity contribution in [3.8, 4) is 0 Å². The second kappa shape index (κ2) is 5.50. The van der Waals surface area contributed by atoms with Gasteiger partial charge in [0.15, 0.2) is 0 Å². The maximum absolute atomic E-state index is 11.8. The predicted molar refractivity (Wildman–Crippen MR) is 59.6 cm³/mol. The zero-order valence-corrected chi connectivity index (χ0v) is 9.45. The number of hydrogen-bond donors (Lipinski definition) is 2. The highest BCUT2D eigenvalue weighted by molar-refractivity contribution is 5.94. The van der Waals surface area contributed by atoms with Crippen molar-refractivity contribution in [2.75, 3.05) is 19.4 Å². The van der Waals surface area contributed by atoms with Gasteiger partial charge in [0.25, 0.3) is 0 Å². The molecule has 0 bridgehead atoms. The van der Waals surface area contributed by atoms with Crippen LogP contribution >= 0.6 is 0 Å². The smallest absolute Gasteiger partial charge is 0.241 e. The average molecular weight is 210 g/mol. The molecule has 0 aliphatic rings. The van der Waals surface area contributed by atoms with Gasteiger partial charge < -0.3 is 5.32 Å². The lowest BCUT2D eigenvalue weighted by Crippen LogP contribution is -2.39. The van der Waals surface area contributed by atoms with Crippen LogP contribution in [0.25, 0.3) is 0 Å². The van der Waals surface area contributed by atoms with Gasteiger partial charge in [0.05, 0.1) is 17.9 Å². The Morgan fingerprint density at radius 3 is 2.87 bits per heavy atom. The minimum atomic E-state index is -0.0788. The lowest BCUT2D eigenvalue weighted by atomic mass is 10.1. The second-order valence-corrected chi connectivity index (χ2v) is 3.74. The van der Waals surface area contributed by atoms with Crippen molar-refractivity contribution in [3.63, 3.8) is 0 Å². The van der Waals surface area contributed by atoms with Gasteiger partial charge >= 0.3 is 0 Å². The van der Waals surface area contributed by atoms with Crippen molar-refractivity contribution in [2.24, 2.45) is 0 Å². The number of aromatic amines is 1. The molecule has 0 spiro atoms. The number of H-pyrrole nitrogens is 1. The third-order valence-corrected chi connectivity index (χ3v) is 2.25. The molecule has 1 aromatic heterocycles. The number of carbonyl (C=O) groups excluding carboxylic acids is 1. The van der Waals surface area contributed by atoms with E-state index in [0.717, 1.165) is 12.8 Å². The Kier molecular flexibility index (Phi) is 4.30. The Morgan fingerprint density at radius 1 is 1.67 bits per heavy atom. The monoisotopic (exact) mass is 210 g/mol. The second-order valence-electron chi connectivity index (χ2n) is 3.74. The fraction of sp³-hybridized carbons (Fsp3) is 0.600. The molecule has 5 nitrogen and oxygen atoms in total. The van der Waals surface area contributed by atoms with E-state index in [4.69, 9.17) is 0 Å². The normalized spacial score (nSPS) is 12.8. The zero-order chi connectivity index (χ0) is 11.3. The SMILES string of the molecule is CCCC(C(=O)Nc1cn[nH]c1)N(C)C. The maximum Gasteiger partial charge on any atom is 0.241 e. The summed E-state index contributed by atoms with van der Waals surface area (Å²) >= 11 is 0. The topological polar surface area (TPSA) is 61.0 Å². The number of anilines is 1. The number of nitrogens with zero attached hydrogens (tertiary/aromatic N) is 2. The predicted octanol–water partition coefficient (Wildman–Crippen LogP) is 1.08. The third-order valence-electron chi connectivity index (χ3n) is 2.25. The van der Waals surface area contributed by atoms with Crippen LogP contribution in [0.1, 0.15) is 19.8 Å². The van der Waals surface area contributed by atoms with Crippen LogP contribution < -0.4 is 5.32 Å². The van der Waals surface area contributed by atoms with Crippen LogP contribution in [-0.4, -0.2) is 41.1 Å². The van der Waals surface area contributed by atoms with Gasteiger partial charge in [-0.1, -0.05) is 13.3 Å². The molecule has 84 valence electrons. The molecule has 5 heteroatoms. The van der Waals surface area contributed by atoms with Crippen molar-refractivity contribution >= 4 is 11.6 Å². The Bertz CT molecular complexity index is 294. The summed E-state index contributed by atoms with van der Waals surface area (Å²) in [6.45, 7) is 2.07. The van der Waals surface area contributed by atoms with Crippen molar-refractivity contribution in [1.29, 1.82) is 0 Å². The molecule has 0 fully saturated rings. The van der Waals surface area contributed by atoms with Gasteiger partial charge in [-0.15, -0.1) is 0 Å². The van der Waals surface area contributed by atoms with Crippen molar-refractivity contribution in [1.82, 2.24) is 15.1 Å². The quantitative estimate of drug-likeness (QED) is 0.764. The molecule has 15 heavy (non-hydrogen) atoms. The molecule has 0 aliphatic carbocycles. The molecule has 0 saturated carbocycles. The van der Waals surface area contributed by atoms with Crippen LogP contribution in [0.15, 0.2) is 12.4 Å². The Labute approximate surface area is 89.9 Å². The first-order chi connectivity index (χ1) is 7.15. The minimum absolute atomic E-state index is 0.0169. The van der Waals surface area contributed by atoms with Crippen molar-refractivity contribution < 1.29 is 4.79 Å². The molecular weight excluding hydrogens is 192 g/mol. The fourth-order valence-corrected chi connectivity index (χ4v) is 1.44. The van der Waals surface area contributed by atoms with E-state index in [2.05, 4.69) is 22.4 Å². The van der Waals surface area contributed by atoms with Gasteiger partial charge in [-0.2, -0.15) is 5.10 Å². The molecule has 0 aliphatic heterocycles. The first-order valence-corrected chi connectivity index (χ1v) is 5.11. The van der Waals surface area contributed by atoms with E-state index in [1.54, 1.807) is 12.4 Å². The Morgan fingerprint density at radius 2 is 2.40 bits per heavy atom. The van der Waals surface area contributed by atoms with Crippen LogP contribution in [0.4, 0.5) is 5.69 Å². The number of amides is 1. The molecule has 1 heterocycles. The molecule has 1 rings (SSSR count). The van der Waals surface area contributed by atoms with Crippen LogP contribution in [0.2, 0.25) is 0 Å². The molecule has 0 saturated heterocycles. The highest BCUT2D eigenvalue weighted by Crippen LogP contribution is 2.08. The molecule has 1 aromatic rings. The van der Waals surface area contributed by atoms with E-state index in [1.807, 2.05) is 19.0 Å². The standard InChI is InChI=1S/C10H18N4O/c1-4-5-9(14(2)3)10(15)13-8-6-11-12-7-8/h6-7,9H,4-5H2,1-3H3,(H,11,12)(H,13,15). The number of hydrogen-bond acceptors (Lipinski definition) is 3. The summed E-state index contributed by atoms with van der Waals surface area (Å²) in [5.74, 6) is 0.0169. The van der Waals surface area contributed by atoms with Gasteiger partial charge in [-0.05, 0) is 20.5 Å². The summed E-state index contributed by atoms with van der Waals surface area (Å²) < 4.78 is 0. The number of aromatic nitrogens is 2. The van der Waals surface area contributed by atoms with E-state index in [-0.39, 0.29) is 11.9 Å². The summed E-state index contributed by atoms with van der Waals surface area (Å²) in [6, 6.07) is -0.0788. The number of likely N-dealkylation sites (N-methyl/N-ethyl adjacent to an activating group) is 1. The molecule has 0 radical (unpaired) electrons. The first kappa shape index (κ1) is 11.7. The Hall–Kier alpha value is -1.36. The van der Waals surface area contributed by atoms with E-state index >= 15 is 0 Å². The average Bonchev–Trinajstić information content (AvgIpc) is 2.65. The summed E-state index contributed by atoms with van der Waals surface area (Å²) in [5.41, 5.74) is 0.711. The molecule has 1 atom stereocenters. The first-order valence-electron chi connectivity index (χ1n) is 5.11. The summed E-state index contributed by atoms with van der Waals surface area (Å²) in [6.07, 6.45) is 5.10. The molecule has 1 unspecified atom stereocenters.